The van der Waals surface area contributed by atoms with Gasteiger partial charge in [0.2, 0.25) is 0 Å². The molecule has 0 amide bonds. The second-order valence-corrected chi connectivity index (χ2v) is 17.0. The third-order valence-electron chi connectivity index (χ3n) is 11.5. The number of para-hydroxylation sites is 1. The van der Waals surface area contributed by atoms with Crippen molar-refractivity contribution in [1.82, 2.24) is 0 Å². The maximum atomic E-state index is 6.87. The Bertz CT molecular complexity index is 3480. The third kappa shape index (κ3) is 5.30. The van der Waals surface area contributed by atoms with Gasteiger partial charge in [-0.15, -0.1) is 22.7 Å². The van der Waals surface area contributed by atoms with Gasteiger partial charge < -0.3 is 9.32 Å². The van der Waals surface area contributed by atoms with Crippen molar-refractivity contribution in [2.45, 2.75) is 0 Å². The Balaban J connectivity index is 0.954. The van der Waals surface area contributed by atoms with Crippen LogP contribution in [0.3, 0.4) is 0 Å². The van der Waals surface area contributed by atoms with E-state index in [9.17, 15) is 0 Å². The highest BCUT2D eigenvalue weighted by Crippen LogP contribution is 2.45. The fraction of sp³-hybridized carbons (Fsp3) is 0. The molecule has 0 N–H and O–H groups in total. The lowest BCUT2D eigenvalue weighted by Crippen LogP contribution is -2.09. The summed E-state index contributed by atoms with van der Waals surface area (Å²) in [7, 11) is 0. The van der Waals surface area contributed by atoms with Crippen LogP contribution in [0.2, 0.25) is 0 Å². The van der Waals surface area contributed by atoms with Crippen molar-refractivity contribution in [3.8, 4) is 33.4 Å². The summed E-state index contributed by atoms with van der Waals surface area (Å²) in [6.07, 6.45) is 0. The van der Waals surface area contributed by atoms with Crippen LogP contribution in [-0.2, 0) is 0 Å². The van der Waals surface area contributed by atoms with E-state index in [4.69, 9.17) is 4.42 Å². The molecule has 12 rings (SSSR count). The Morgan fingerprint density at radius 3 is 1.53 bits per heavy atom. The molecule has 9 aromatic carbocycles. The van der Waals surface area contributed by atoms with Gasteiger partial charge >= 0.3 is 0 Å². The lowest BCUT2D eigenvalue weighted by molar-refractivity contribution is 0.674. The molecule has 3 heterocycles. The topological polar surface area (TPSA) is 16.4 Å². The molecule has 0 aliphatic heterocycles. The van der Waals surface area contributed by atoms with Crippen LogP contribution in [0.1, 0.15) is 0 Å². The zero-order valence-electron chi connectivity index (χ0n) is 31.2. The lowest BCUT2D eigenvalue weighted by Gasteiger charge is -2.26. The molecule has 0 radical (unpaired) electrons. The minimum atomic E-state index is 0.922. The van der Waals surface area contributed by atoms with Gasteiger partial charge in [0.25, 0.3) is 0 Å². The van der Waals surface area contributed by atoms with E-state index in [0.29, 0.717) is 0 Å². The number of hydrogen-bond acceptors (Lipinski definition) is 4. The van der Waals surface area contributed by atoms with E-state index >= 15 is 0 Å². The molecule has 0 atom stereocenters. The monoisotopic (exact) mass is 775 g/mol. The Labute approximate surface area is 343 Å². The fourth-order valence-corrected chi connectivity index (χ4v) is 11.1. The second kappa shape index (κ2) is 13.3. The molecule has 0 aliphatic carbocycles. The van der Waals surface area contributed by atoms with Gasteiger partial charge in [0, 0.05) is 73.7 Å². The number of rotatable bonds is 6. The minimum absolute atomic E-state index is 0.922. The number of fused-ring (bicyclic) bond motifs is 10. The zero-order valence-corrected chi connectivity index (χ0v) is 32.9. The number of hydrogen-bond donors (Lipinski definition) is 0. The van der Waals surface area contributed by atoms with Crippen LogP contribution in [0.25, 0.3) is 95.7 Å². The molecular formula is C54H33NOS2. The molecule has 0 spiro atoms. The summed E-state index contributed by atoms with van der Waals surface area (Å²) in [6, 6.07) is 72.5. The van der Waals surface area contributed by atoms with Gasteiger partial charge in [-0.05, 0) is 88.5 Å². The van der Waals surface area contributed by atoms with Crippen LogP contribution in [-0.4, -0.2) is 0 Å². The predicted octanol–water partition coefficient (Wildman–Crippen LogP) is 16.8. The normalized spacial score (nSPS) is 11.8. The van der Waals surface area contributed by atoms with Gasteiger partial charge in [-0.3, -0.25) is 0 Å². The molecule has 58 heavy (non-hydrogen) atoms. The first-order valence-electron chi connectivity index (χ1n) is 19.6. The average molecular weight is 776 g/mol. The Morgan fingerprint density at radius 1 is 0.310 bits per heavy atom. The van der Waals surface area contributed by atoms with E-state index in [1.54, 1.807) is 0 Å². The smallest absolute Gasteiger partial charge is 0.144 e. The zero-order chi connectivity index (χ0) is 38.2. The number of thiophene rings is 2. The molecular weight excluding hydrogens is 743 g/mol. The van der Waals surface area contributed by atoms with Gasteiger partial charge in [0.05, 0.1) is 0 Å². The van der Waals surface area contributed by atoms with Crippen molar-refractivity contribution in [2.75, 3.05) is 4.90 Å². The fourth-order valence-electron chi connectivity index (χ4n) is 8.73. The maximum absolute atomic E-state index is 6.87. The number of benzene rings is 9. The molecule has 2 nitrogen and oxygen atoms in total. The number of furan rings is 1. The van der Waals surface area contributed by atoms with Gasteiger partial charge in [-0.25, -0.2) is 0 Å². The van der Waals surface area contributed by atoms with E-state index in [0.717, 1.165) is 50.1 Å². The van der Waals surface area contributed by atoms with E-state index in [1.165, 1.54) is 62.6 Å². The lowest BCUT2D eigenvalue weighted by atomic mass is 10.0. The predicted molar refractivity (Wildman–Crippen MR) is 250 cm³/mol. The minimum Gasteiger partial charge on any atom is -0.455 e. The van der Waals surface area contributed by atoms with Crippen LogP contribution in [0.15, 0.2) is 205 Å². The maximum Gasteiger partial charge on any atom is 0.144 e. The molecule has 0 unspecified atom stereocenters. The van der Waals surface area contributed by atoms with Gasteiger partial charge in [0.1, 0.15) is 11.2 Å². The molecule has 0 fully saturated rings. The summed E-state index contributed by atoms with van der Waals surface area (Å²) in [5, 5.41) is 7.38. The van der Waals surface area contributed by atoms with Crippen LogP contribution < -0.4 is 4.90 Å². The summed E-state index contributed by atoms with van der Waals surface area (Å²) in [6.45, 7) is 0. The van der Waals surface area contributed by atoms with Gasteiger partial charge in [-0.2, -0.15) is 0 Å². The van der Waals surface area contributed by atoms with E-state index in [2.05, 4.69) is 205 Å². The molecule has 272 valence electrons. The number of nitrogens with zero attached hydrogens (tertiary/aromatic N) is 1. The summed E-state index contributed by atoms with van der Waals surface area (Å²) in [5.74, 6) is 0. The Morgan fingerprint density at radius 2 is 0.828 bits per heavy atom. The van der Waals surface area contributed by atoms with Crippen molar-refractivity contribution < 1.29 is 4.42 Å². The summed E-state index contributed by atoms with van der Waals surface area (Å²) >= 11 is 3.70. The third-order valence-corrected chi connectivity index (χ3v) is 13.9. The molecule has 0 aliphatic rings. The van der Waals surface area contributed by atoms with E-state index in [1.807, 2.05) is 22.7 Å². The first kappa shape index (κ1) is 33.2. The van der Waals surface area contributed by atoms with Crippen molar-refractivity contribution in [2.24, 2.45) is 0 Å². The van der Waals surface area contributed by atoms with Gasteiger partial charge in [0.15, 0.2) is 0 Å². The summed E-state index contributed by atoms with van der Waals surface area (Å²) in [5.41, 5.74) is 12.2. The second-order valence-electron chi connectivity index (χ2n) is 14.8. The van der Waals surface area contributed by atoms with Crippen molar-refractivity contribution in [3.63, 3.8) is 0 Å². The molecule has 0 saturated carbocycles. The van der Waals surface area contributed by atoms with Crippen LogP contribution in [0, 0.1) is 0 Å². The summed E-state index contributed by atoms with van der Waals surface area (Å²) in [4.78, 5) is 2.35. The highest BCUT2D eigenvalue weighted by atomic mass is 32.1. The number of anilines is 3. The van der Waals surface area contributed by atoms with Crippen molar-refractivity contribution in [3.05, 3.63) is 200 Å². The largest absolute Gasteiger partial charge is 0.455 e. The Kier molecular flexibility index (Phi) is 7.62. The molecule has 0 saturated heterocycles. The van der Waals surface area contributed by atoms with Crippen molar-refractivity contribution >= 4 is 102 Å². The molecule has 3 aromatic heterocycles. The highest BCUT2D eigenvalue weighted by Gasteiger charge is 2.19. The molecule has 4 heteroatoms. The van der Waals surface area contributed by atoms with Crippen molar-refractivity contribution in [1.29, 1.82) is 0 Å². The van der Waals surface area contributed by atoms with E-state index < -0.39 is 0 Å². The first-order chi connectivity index (χ1) is 28.7. The standard InChI is InChI=1S/C54H33NOS2/c1-2-10-34(11-3-1)35-20-26-38(27-21-35)55(40-30-24-37(25-31-40)42-15-9-17-46-43-12-4-6-18-48(43)58-54(42)46)39-28-22-36(23-29-39)41-14-8-16-44-45-32-33-50-51(53(45)56-52(41)44)47-13-5-7-19-49(47)57-50/h1-33H. The molecule has 12 aromatic rings. The summed E-state index contributed by atoms with van der Waals surface area (Å²) < 4.78 is 12.0. The first-order valence-corrected chi connectivity index (χ1v) is 21.2. The van der Waals surface area contributed by atoms with Crippen LogP contribution in [0.4, 0.5) is 17.1 Å². The SMILES string of the molecule is c1ccc(-c2ccc(N(c3ccc(-c4cccc5c4oc4c5ccc5sc6ccccc6c54)cc3)c3ccc(-c4cccc5c4sc4ccccc45)cc3)cc2)cc1. The van der Waals surface area contributed by atoms with Crippen LogP contribution >= 0.6 is 22.7 Å². The molecule has 0 bridgehead atoms. The van der Waals surface area contributed by atoms with Gasteiger partial charge in [-0.1, -0.05) is 140 Å². The Hall–Kier alpha value is -6.98. The van der Waals surface area contributed by atoms with Crippen LogP contribution in [0.5, 0.6) is 0 Å². The quantitative estimate of drug-likeness (QED) is 0.167. The average Bonchev–Trinajstić information content (AvgIpc) is 3.99. The van der Waals surface area contributed by atoms with E-state index in [-0.39, 0.29) is 0 Å². The highest BCUT2D eigenvalue weighted by molar-refractivity contribution is 7.26.